The van der Waals surface area contributed by atoms with Crippen molar-refractivity contribution in [2.24, 2.45) is 11.8 Å². The maximum Gasteiger partial charge on any atom is 0.0836 e. The highest BCUT2D eigenvalue weighted by Gasteiger charge is 2.30. The predicted octanol–water partition coefficient (Wildman–Crippen LogP) is 3.38. The average molecular weight is 228 g/mol. The monoisotopic (exact) mass is 228 g/mol. The summed E-state index contributed by atoms with van der Waals surface area (Å²) in [6.45, 7) is 7.57. The molecule has 0 radical (unpaired) electrons. The SMILES string of the molecule is CCCCCOC1CC(C(C)C)CCC1O. The second kappa shape index (κ2) is 7.29. The van der Waals surface area contributed by atoms with E-state index in [1.165, 1.54) is 12.8 Å². The molecule has 0 heterocycles. The Balaban J connectivity index is 2.26. The molecule has 2 heteroatoms. The number of unbranched alkanes of at least 4 members (excludes halogenated alkanes) is 2. The minimum Gasteiger partial charge on any atom is -0.390 e. The Bertz CT molecular complexity index is 180. The van der Waals surface area contributed by atoms with E-state index in [0.717, 1.165) is 38.2 Å². The molecule has 0 aliphatic heterocycles. The summed E-state index contributed by atoms with van der Waals surface area (Å²) in [5.41, 5.74) is 0. The zero-order valence-corrected chi connectivity index (χ0v) is 11.1. The summed E-state index contributed by atoms with van der Waals surface area (Å²) in [4.78, 5) is 0. The van der Waals surface area contributed by atoms with Gasteiger partial charge in [0, 0.05) is 6.61 Å². The minimum absolute atomic E-state index is 0.0954. The first-order chi connectivity index (χ1) is 7.65. The largest absolute Gasteiger partial charge is 0.390 e. The van der Waals surface area contributed by atoms with Gasteiger partial charge in [-0.15, -0.1) is 0 Å². The highest BCUT2D eigenvalue weighted by atomic mass is 16.5. The van der Waals surface area contributed by atoms with Crippen LogP contribution in [0.1, 0.15) is 59.3 Å². The van der Waals surface area contributed by atoms with Crippen LogP contribution >= 0.6 is 0 Å². The van der Waals surface area contributed by atoms with E-state index in [9.17, 15) is 5.11 Å². The molecule has 16 heavy (non-hydrogen) atoms. The van der Waals surface area contributed by atoms with Gasteiger partial charge < -0.3 is 9.84 Å². The quantitative estimate of drug-likeness (QED) is 0.706. The van der Waals surface area contributed by atoms with Crippen LogP contribution in [-0.2, 0) is 4.74 Å². The number of hydrogen-bond acceptors (Lipinski definition) is 2. The number of aliphatic hydroxyl groups excluding tert-OH is 1. The van der Waals surface area contributed by atoms with Crippen molar-refractivity contribution in [3.05, 3.63) is 0 Å². The van der Waals surface area contributed by atoms with Crippen LogP contribution < -0.4 is 0 Å². The number of hydrogen-bond donors (Lipinski definition) is 1. The second-order valence-corrected chi connectivity index (χ2v) is 5.50. The maximum atomic E-state index is 9.90. The molecule has 0 saturated heterocycles. The van der Waals surface area contributed by atoms with Gasteiger partial charge in [-0.3, -0.25) is 0 Å². The Morgan fingerprint density at radius 2 is 2.00 bits per heavy atom. The van der Waals surface area contributed by atoms with Crippen molar-refractivity contribution in [1.29, 1.82) is 0 Å². The molecule has 1 fully saturated rings. The summed E-state index contributed by atoms with van der Waals surface area (Å²) in [6.07, 6.45) is 6.59. The third-order valence-electron chi connectivity index (χ3n) is 3.82. The van der Waals surface area contributed by atoms with Crippen molar-refractivity contribution >= 4 is 0 Å². The van der Waals surface area contributed by atoms with Gasteiger partial charge in [-0.2, -0.15) is 0 Å². The average Bonchev–Trinajstić information content (AvgIpc) is 2.26. The van der Waals surface area contributed by atoms with E-state index in [1.54, 1.807) is 0 Å². The van der Waals surface area contributed by atoms with Gasteiger partial charge in [0.05, 0.1) is 12.2 Å². The fraction of sp³-hybridized carbons (Fsp3) is 1.00. The van der Waals surface area contributed by atoms with Crippen LogP contribution in [0.4, 0.5) is 0 Å². The van der Waals surface area contributed by atoms with Crippen LogP contribution in [0.3, 0.4) is 0 Å². The molecule has 0 aromatic heterocycles. The molecule has 0 bridgehead atoms. The first-order valence-electron chi connectivity index (χ1n) is 6.94. The van der Waals surface area contributed by atoms with Gasteiger partial charge in [0.1, 0.15) is 0 Å². The zero-order chi connectivity index (χ0) is 12.0. The number of aliphatic hydroxyl groups is 1. The normalized spacial score (nSPS) is 30.9. The maximum absolute atomic E-state index is 9.90. The lowest BCUT2D eigenvalue weighted by molar-refractivity contribution is -0.0768. The summed E-state index contributed by atoms with van der Waals surface area (Å²) >= 11 is 0. The molecule has 2 nitrogen and oxygen atoms in total. The third-order valence-corrected chi connectivity index (χ3v) is 3.82. The fourth-order valence-electron chi connectivity index (χ4n) is 2.52. The summed E-state index contributed by atoms with van der Waals surface area (Å²) in [5.74, 6) is 1.45. The van der Waals surface area contributed by atoms with E-state index in [2.05, 4.69) is 20.8 Å². The lowest BCUT2D eigenvalue weighted by atomic mass is 9.79. The molecule has 1 aliphatic rings. The van der Waals surface area contributed by atoms with E-state index < -0.39 is 0 Å². The van der Waals surface area contributed by atoms with Gasteiger partial charge in [0.15, 0.2) is 0 Å². The van der Waals surface area contributed by atoms with Crippen molar-refractivity contribution in [3.8, 4) is 0 Å². The number of rotatable bonds is 6. The van der Waals surface area contributed by atoms with E-state index in [1.807, 2.05) is 0 Å². The zero-order valence-electron chi connectivity index (χ0n) is 11.1. The number of ether oxygens (including phenoxy) is 1. The Kier molecular flexibility index (Phi) is 6.37. The molecule has 0 aromatic carbocycles. The minimum atomic E-state index is -0.225. The Morgan fingerprint density at radius 1 is 1.25 bits per heavy atom. The standard InChI is InChI=1S/C14H28O2/c1-4-5-6-9-16-14-10-12(11(2)3)7-8-13(14)15/h11-15H,4-10H2,1-3H3. The van der Waals surface area contributed by atoms with Crippen molar-refractivity contribution in [3.63, 3.8) is 0 Å². The van der Waals surface area contributed by atoms with E-state index in [-0.39, 0.29) is 12.2 Å². The van der Waals surface area contributed by atoms with Crippen LogP contribution in [0.15, 0.2) is 0 Å². The highest BCUT2D eigenvalue weighted by molar-refractivity contribution is 4.81. The van der Waals surface area contributed by atoms with Gasteiger partial charge >= 0.3 is 0 Å². The first-order valence-corrected chi connectivity index (χ1v) is 6.94. The topological polar surface area (TPSA) is 29.5 Å². The molecule has 1 rings (SSSR count). The van der Waals surface area contributed by atoms with E-state index in [4.69, 9.17) is 4.74 Å². The molecule has 3 unspecified atom stereocenters. The molecule has 96 valence electrons. The van der Waals surface area contributed by atoms with Gasteiger partial charge in [0.2, 0.25) is 0 Å². The molecule has 1 N–H and O–H groups in total. The highest BCUT2D eigenvalue weighted by Crippen LogP contribution is 2.31. The summed E-state index contributed by atoms with van der Waals surface area (Å²) in [6, 6.07) is 0. The molecule has 0 spiro atoms. The van der Waals surface area contributed by atoms with Crippen LogP contribution in [0, 0.1) is 11.8 Å². The summed E-state index contributed by atoms with van der Waals surface area (Å²) in [5, 5.41) is 9.90. The first kappa shape index (κ1) is 14.0. The van der Waals surface area contributed by atoms with Gasteiger partial charge in [-0.1, -0.05) is 33.6 Å². The van der Waals surface area contributed by atoms with Crippen LogP contribution in [-0.4, -0.2) is 23.9 Å². The molecule has 0 aromatic rings. The molecule has 0 amide bonds. The van der Waals surface area contributed by atoms with Crippen LogP contribution in [0.2, 0.25) is 0 Å². The molecular formula is C14H28O2. The van der Waals surface area contributed by atoms with Gasteiger partial charge in [-0.25, -0.2) is 0 Å². The van der Waals surface area contributed by atoms with Crippen molar-refractivity contribution < 1.29 is 9.84 Å². The summed E-state index contributed by atoms with van der Waals surface area (Å²) < 4.78 is 5.83. The molecule has 1 saturated carbocycles. The van der Waals surface area contributed by atoms with Crippen LogP contribution in [0.5, 0.6) is 0 Å². The predicted molar refractivity (Wildman–Crippen MR) is 67.5 cm³/mol. The van der Waals surface area contributed by atoms with Gasteiger partial charge in [-0.05, 0) is 37.5 Å². The molecule has 3 atom stereocenters. The third kappa shape index (κ3) is 4.42. The van der Waals surface area contributed by atoms with Crippen LogP contribution in [0.25, 0.3) is 0 Å². The lowest BCUT2D eigenvalue weighted by Gasteiger charge is -2.35. The molecule has 1 aliphatic carbocycles. The van der Waals surface area contributed by atoms with E-state index in [0.29, 0.717) is 5.92 Å². The second-order valence-electron chi connectivity index (χ2n) is 5.50. The lowest BCUT2D eigenvalue weighted by Crippen LogP contribution is -2.37. The Morgan fingerprint density at radius 3 is 2.62 bits per heavy atom. The molecular weight excluding hydrogens is 200 g/mol. The van der Waals surface area contributed by atoms with Crippen molar-refractivity contribution in [1.82, 2.24) is 0 Å². The van der Waals surface area contributed by atoms with Gasteiger partial charge in [0.25, 0.3) is 0 Å². The Labute approximate surface area is 100 Å². The summed E-state index contributed by atoms with van der Waals surface area (Å²) in [7, 11) is 0. The fourth-order valence-corrected chi connectivity index (χ4v) is 2.52. The van der Waals surface area contributed by atoms with Crippen molar-refractivity contribution in [2.75, 3.05) is 6.61 Å². The smallest absolute Gasteiger partial charge is 0.0836 e. The Hall–Kier alpha value is -0.0800. The van der Waals surface area contributed by atoms with Crippen molar-refractivity contribution in [2.45, 2.75) is 71.5 Å². The van der Waals surface area contributed by atoms with E-state index >= 15 is 0 Å².